The highest BCUT2D eigenvalue weighted by Crippen LogP contribution is 2.32. The van der Waals surface area contributed by atoms with Crippen LogP contribution < -0.4 is 10.6 Å². The number of anilines is 1. The molecule has 1 aliphatic carbocycles. The lowest BCUT2D eigenvalue weighted by atomic mass is 9.85. The predicted molar refractivity (Wildman–Crippen MR) is 116 cm³/mol. The molecule has 0 bridgehead atoms. The average molecular weight is 420 g/mol. The SMILES string of the molecule is CC(C)(C)OC(=O)NCC1CCC(Nc2c(CO)cnc3ccc(Cl)cc23)CC1. The Labute approximate surface area is 177 Å². The molecule has 1 heterocycles. The number of nitrogens with one attached hydrogen (secondary N) is 2. The van der Waals surface area contributed by atoms with Crippen LogP contribution in [0.2, 0.25) is 5.02 Å². The van der Waals surface area contributed by atoms with E-state index in [9.17, 15) is 9.90 Å². The summed E-state index contributed by atoms with van der Waals surface area (Å²) in [7, 11) is 0. The van der Waals surface area contributed by atoms with Gasteiger partial charge in [-0.1, -0.05) is 11.6 Å². The van der Waals surface area contributed by atoms with Gasteiger partial charge in [0.15, 0.2) is 0 Å². The van der Waals surface area contributed by atoms with E-state index in [0.29, 0.717) is 23.5 Å². The van der Waals surface area contributed by atoms with Crippen LogP contribution in [-0.4, -0.2) is 34.4 Å². The van der Waals surface area contributed by atoms with Crippen LogP contribution in [0.1, 0.15) is 52.0 Å². The van der Waals surface area contributed by atoms with E-state index in [0.717, 1.165) is 47.8 Å². The lowest BCUT2D eigenvalue weighted by Crippen LogP contribution is -2.37. The lowest BCUT2D eigenvalue weighted by Gasteiger charge is -2.31. The van der Waals surface area contributed by atoms with Gasteiger partial charge in [-0.05, 0) is 70.6 Å². The molecule has 1 saturated carbocycles. The Bertz CT molecular complexity index is 858. The molecule has 0 unspecified atom stereocenters. The fraction of sp³-hybridized carbons (Fsp3) is 0.545. The maximum Gasteiger partial charge on any atom is 0.407 e. The number of carbonyl (C=O) groups is 1. The molecule has 6 nitrogen and oxygen atoms in total. The first kappa shape index (κ1) is 21.7. The highest BCUT2D eigenvalue weighted by Gasteiger charge is 2.24. The highest BCUT2D eigenvalue weighted by atomic mass is 35.5. The smallest absolute Gasteiger partial charge is 0.407 e. The molecule has 0 aliphatic heterocycles. The molecular weight excluding hydrogens is 390 g/mol. The molecule has 1 fully saturated rings. The summed E-state index contributed by atoms with van der Waals surface area (Å²) in [6, 6.07) is 5.91. The molecule has 2 aromatic rings. The Balaban J connectivity index is 1.58. The molecule has 1 aromatic carbocycles. The van der Waals surface area contributed by atoms with Crippen molar-refractivity contribution >= 4 is 34.3 Å². The Morgan fingerprint density at radius 3 is 2.66 bits per heavy atom. The number of hydrogen-bond donors (Lipinski definition) is 3. The van der Waals surface area contributed by atoms with Crippen molar-refractivity contribution in [2.24, 2.45) is 5.92 Å². The number of amides is 1. The molecule has 29 heavy (non-hydrogen) atoms. The monoisotopic (exact) mass is 419 g/mol. The fourth-order valence-corrected chi connectivity index (χ4v) is 3.93. The number of nitrogens with zero attached hydrogens (tertiary/aromatic N) is 1. The van der Waals surface area contributed by atoms with E-state index in [1.807, 2.05) is 39.0 Å². The van der Waals surface area contributed by atoms with Crippen LogP contribution in [0, 0.1) is 5.92 Å². The van der Waals surface area contributed by atoms with Gasteiger partial charge in [-0.3, -0.25) is 4.98 Å². The third-order valence-corrected chi connectivity index (χ3v) is 5.44. The fourth-order valence-electron chi connectivity index (χ4n) is 3.75. The Morgan fingerprint density at radius 1 is 1.28 bits per heavy atom. The summed E-state index contributed by atoms with van der Waals surface area (Å²) in [6.45, 7) is 6.14. The number of aliphatic hydroxyl groups excluding tert-OH is 1. The Kier molecular flexibility index (Phi) is 6.85. The second-order valence-corrected chi connectivity index (χ2v) is 9.16. The minimum atomic E-state index is -0.480. The third-order valence-electron chi connectivity index (χ3n) is 5.21. The van der Waals surface area contributed by atoms with Crippen molar-refractivity contribution in [1.82, 2.24) is 10.3 Å². The maximum atomic E-state index is 11.8. The number of hydrogen-bond acceptors (Lipinski definition) is 5. The third kappa shape index (κ3) is 5.97. The van der Waals surface area contributed by atoms with Crippen molar-refractivity contribution in [2.45, 2.75) is 64.7 Å². The first-order valence-electron chi connectivity index (χ1n) is 10.2. The number of fused-ring (bicyclic) bond motifs is 1. The van der Waals surface area contributed by atoms with Crippen LogP contribution >= 0.6 is 11.6 Å². The van der Waals surface area contributed by atoms with Crippen LogP contribution in [0.4, 0.5) is 10.5 Å². The zero-order chi connectivity index (χ0) is 21.0. The number of benzene rings is 1. The molecule has 0 saturated heterocycles. The van der Waals surface area contributed by atoms with Gasteiger partial charge in [0.1, 0.15) is 5.60 Å². The molecule has 3 N–H and O–H groups in total. The topological polar surface area (TPSA) is 83.5 Å². The first-order valence-corrected chi connectivity index (χ1v) is 10.5. The summed E-state index contributed by atoms with van der Waals surface area (Å²) in [4.78, 5) is 16.3. The molecule has 1 aromatic heterocycles. The quantitative estimate of drug-likeness (QED) is 0.643. The largest absolute Gasteiger partial charge is 0.444 e. The zero-order valence-corrected chi connectivity index (χ0v) is 18.1. The number of aliphatic hydroxyl groups is 1. The van der Waals surface area contributed by atoms with Crippen molar-refractivity contribution in [1.29, 1.82) is 0 Å². The summed E-state index contributed by atoms with van der Waals surface area (Å²) in [5.74, 6) is 0.446. The zero-order valence-electron chi connectivity index (χ0n) is 17.3. The van der Waals surface area contributed by atoms with Crippen molar-refractivity contribution in [2.75, 3.05) is 11.9 Å². The highest BCUT2D eigenvalue weighted by molar-refractivity contribution is 6.31. The minimum absolute atomic E-state index is 0.0764. The second kappa shape index (κ2) is 9.18. The molecule has 7 heteroatoms. The molecule has 1 amide bonds. The molecule has 158 valence electrons. The molecular formula is C22H30ClN3O3. The van der Waals surface area contributed by atoms with Crippen LogP contribution in [0.3, 0.4) is 0 Å². The average Bonchev–Trinajstić information content (AvgIpc) is 2.66. The number of aromatic nitrogens is 1. The molecule has 3 rings (SSSR count). The number of alkyl carbamates (subject to hydrolysis) is 1. The molecule has 0 radical (unpaired) electrons. The first-order chi connectivity index (χ1) is 13.7. The van der Waals surface area contributed by atoms with Crippen molar-refractivity contribution in [3.8, 4) is 0 Å². The predicted octanol–water partition coefficient (Wildman–Crippen LogP) is 4.88. The van der Waals surface area contributed by atoms with Crippen LogP contribution in [-0.2, 0) is 11.3 Å². The number of rotatable bonds is 5. The summed E-state index contributed by atoms with van der Waals surface area (Å²) in [5, 5.41) is 17.8. The molecule has 0 spiro atoms. The normalized spacial score (nSPS) is 19.8. The van der Waals surface area contributed by atoms with Gasteiger partial charge in [-0.25, -0.2) is 4.79 Å². The standard InChI is InChI=1S/C22H30ClN3O3/c1-22(2,3)29-21(28)25-11-14-4-7-17(8-5-14)26-20-15(13-27)12-24-19-9-6-16(23)10-18(19)20/h6,9-10,12,14,17,27H,4-5,7-8,11,13H2,1-3H3,(H,24,26)(H,25,28). The van der Waals surface area contributed by atoms with E-state index in [2.05, 4.69) is 15.6 Å². The van der Waals surface area contributed by atoms with E-state index in [4.69, 9.17) is 16.3 Å². The summed E-state index contributed by atoms with van der Waals surface area (Å²) in [5.41, 5.74) is 2.06. The molecule has 0 atom stereocenters. The number of carbonyl (C=O) groups excluding carboxylic acids is 1. The van der Waals surface area contributed by atoms with Crippen molar-refractivity contribution in [3.05, 3.63) is 35.0 Å². The van der Waals surface area contributed by atoms with Crippen LogP contribution in [0.5, 0.6) is 0 Å². The number of ether oxygens (including phenoxy) is 1. The molecule has 1 aliphatic rings. The number of pyridine rings is 1. The van der Waals surface area contributed by atoms with Gasteiger partial charge in [-0.2, -0.15) is 0 Å². The van der Waals surface area contributed by atoms with E-state index < -0.39 is 5.60 Å². The van der Waals surface area contributed by atoms with Gasteiger partial charge >= 0.3 is 6.09 Å². The van der Waals surface area contributed by atoms with E-state index in [1.54, 1.807) is 6.20 Å². The van der Waals surface area contributed by atoms with Gasteiger partial charge < -0.3 is 20.5 Å². The van der Waals surface area contributed by atoms with Gasteiger partial charge in [0.05, 0.1) is 17.8 Å². The maximum absolute atomic E-state index is 11.8. The summed E-state index contributed by atoms with van der Waals surface area (Å²) in [6.07, 6.45) is 5.39. The summed E-state index contributed by atoms with van der Waals surface area (Å²) >= 11 is 6.19. The van der Waals surface area contributed by atoms with E-state index in [-0.39, 0.29) is 12.7 Å². The van der Waals surface area contributed by atoms with Gasteiger partial charge in [-0.15, -0.1) is 0 Å². The van der Waals surface area contributed by atoms with Crippen molar-refractivity contribution < 1.29 is 14.6 Å². The van der Waals surface area contributed by atoms with E-state index in [1.165, 1.54) is 0 Å². The van der Waals surface area contributed by atoms with Gasteiger partial charge in [0, 0.05) is 34.8 Å². The minimum Gasteiger partial charge on any atom is -0.444 e. The second-order valence-electron chi connectivity index (χ2n) is 8.72. The Morgan fingerprint density at radius 2 is 2.00 bits per heavy atom. The van der Waals surface area contributed by atoms with Crippen molar-refractivity contribution in [3.63, 3.8) is 0 Å². The Hall–Kier alpha value is -2.05. The van der Waals surface area contributed by atoms with E-state index >= 15 is 0 Å². The number of halogens is 1. The van der Waals surface area contributed by atoms with Gasteiger partial charge in [0.25, 0.3) is 0 Å². The summed E-state index contributed by atoms with van der Waals surface area (Å²) < 4.78 is 5.30. The lowest BCUT2D eigenvalue weighted by molar-refractivity contribution is 0.0515. The van der Waals surface area contributed by atoms with Gasteiger partial charge in [0.2, 0.25) is 0 Å². The van der Waals surface area contributed by atoms with Crippen LogP contribution in [0.25, 0.3) is 10.9 Å². The van der Waals surface area contributed by atoms with Crippen LogP contribution in [0.15, 0.2) is 24.4 Å².